The predicted molar refractivity (Wildman–Crippen MR) is 66.2 cm³/mol. The Labute approximate surface area is 106 Å². The van der Waals surface area contributed by atoms with Crippen LogP contribution in [0.15, 0.2) is 30.3 Å². The Morgan fingerprint density at radius 2 is 2.17 bits per heavy atom. The molecule has 97 valence electrons. The highest BCUT2D eigenvalue weighted by molar-refractivity contribution is 5.69. The molecular formula is C13H17N2O3. The van der Waals surface area contributed by atoms with Crippen molar-refractivity contribution in [1.82, 2.24) is 4.90 Å². The van der Waals surface area contributed by atoms with E-state index in [2.05, 4.69) is 0 Å². The molecule has 1 aliphatic heterocycles. The molecule has 0 aliphatic carbocycles. The van der Waals surface area contributed by atoms with E-state index in [9.17, 15) is 4.79 Å². The molecule has 1 radical (unpaired) electrons. The SMILES string of the molecule is N[C@H]1[CH]N(C(=O)OCc2ccccc2)C[C@H]1CO. The summed E-state index contributed by atoms with van der Waals surface area (Å²) in [6.45, 7) is 2.22. The number of carbonyl (C=O) groups is 1. The first-order valence-corrected chi connectivity index (χ1v) is 5.89. The fourth-order valence-corrected chi connectivity index (χ4v) is 1.88. The first-order chi connectivity index (χ1) is 8.70. The smallest absolute Gasteiger partial charge is 0.410 e. The lowest BCUT2D eigenvalue weighted by atomic mass is 10.1. The maximum absolute atomic E-state index is 11.8. The Morgan fingerprint density at radius 1 is 1.44 bits per heavy atom. The van der Waals surface area contributed by atoms with Crippen molar-refractivity contribution in [3.8, 4) is 0 Å². The van der Waals surface area contributed by atoms with Crippen LogP contribution in [-0.4, -0.2) is 35.3 Å². The van der Waals surface area contributed by atoms with Crippen molar-refractivity contribution in [2.24, 2.45) is 11.7 Å². The standard InChI is InChI=1S/C13H17N2O3/c14-12-7-15(6-11(12)8-16)13(17)18-9-10-4-2-1-3-5-10/h1-5,7,11-12,16H,6,8-9,14H2/t11-,12-/m0/s1. The van der Waals surface area contributed by atoms with Gasteiger partial charge in [-0.1, -0.05) is 30.3 Å². The third-order valence-electron chi connectivity index (χ3n) is 3.00. The molecule has 1 saturated heterocycles. The van der Waals surface area contributed by atoms with Crippen molar-refractivity contribution in [1.29, 1.82) is 0 Å². The summed E-state index contributed by atoms with van der Waals surface area (Å²) in [5.74, 6) is -0.103. The summed E-state index contributed by atoms with van der Waals surface area (Å²) < 4.78 is 5.17. The number of rotatable bonds is 3. The average molecular weight is 249 g/mol. The van der Waals surface area contributed by atoms with E-state index < -0.39 is 6.09 Å². The van der Waals surface area contributed by atoms with Crippen LogP contribution in [0.1, 0.15) is 5.56 Å². The molecule has 1 amide bonds. The summed E-state index contributed by atoms with van der Waals surface area (Å²) >= 11 is 0. The number of benzene rings is 1. The van der Waals surface area contributed by atoms with E-state index in [1.807, 2.05) is 30.3 Å². The lowest BCUT2D eigenvalue weighted by Gasteiger charge is -2.15. The number of nitrogens with two attached hydrogens (primary N) is 1. The van der Waals surface area contributed by atoms with Crippen LogP contribution in [0.3, 0.4) is 0 Å². The number of likely N-dealkylation sites (tertiary alicyclic amines) is 1. The molecule has 2 atom stereocenters. The van der Waals surface area contributed by atoms with Gasteiger partial charge in [0.15, 0.2) is 0 Å². The molecule has 18 heavy (non-hydrogen) atoms. The first-order valence-electron chi connectivity index (χ1n) is 5.89. The van der Waals surface area contributed by atoms with E-state index in [-0.39, 0.29) is 25.2 Å². The van der Waals surface area contributed by atoms with Gasteiger partial charge in [0.1, 0.15) is 6.61 Å². The number of ether oxygens (including phenoxy) is 1. The largest absolute Gasteiger partial charge is 0.445 e. The van der Waals surface area contributed by atoms with Crippen LogP contribution in [0, 0.1) is 12.5 Å². The minimum absolute atomic E-state index is 0.0276. The summed E-state index contributed by atoms with van der Waals surface area (Å²) in [6, 6.07) is 9.18. The molecule has 0 saturated carbocycles. The van der Waals surface area contributed by atoms with Crippen LogP contribution in [0.2, 0.25) is 0 Å². The lowest BCUT2D eigenvalue weighted by Crippen LogP contribution is -2.28. The highest BCUT2D eigenvalue weighted by atomic mass is 16.6. The van der Waals surface area contributed by atoms with E-state index >= 15 is 0 Å². The monoisotopic (exact) mass is 249 g/mol. The second-order valence-corrected chi connectivity index (χ2v) is 4.36. The molecule has 1 fully saturated rings. The summed E-state index contributed by atoms with van der Waals surface area (Å²) in [5.41, 5.74) is 6.70. The molecule has 5 heteroatoms. The molecule has 1 aromatic rings. The van der Waals surface area contributed by atoms with E-state index in [1.165, 1.54) is 4.90 Å². The molecular weight excluding hydrogens is 232 g/mol. The predicted octanol–water partition coefficient (Wildman–Crippen LogP) is 0.736. The summed E-state index contributed by atoms with van der Waals surface area (Å²) in [6.07, 6.45) is -0.426. The molecule has 3 N–H and O–H groups in total. The highest BCUT2D eigenvalue weighted by Gasteiger charge is 2.33. The van der Waals surface area contributed by atoms with Crippen LogP contribution in [0.4, 0.5) is 4.79 Å². The zero-order chi connectivity index (χ0) is 13.0. The van der Waals surface area contributed by atoms with Gasteiger partial charge >= 0.3 is 6.09 Å². The van der Waals surface area contributed by atoms with Crippen molar-refractivity contribution in [2.75, 3.05) is 13.2 Å². The van der Waals surface area contributed by atoms with Crippen LogP contribution >= 0.6 is 0 Å². The molecule has 0 aromatic heterocycles. The van der Waals surface area contributed by atoms with Crippen molar-refractivity contribution in [2.45, 2.75) is 12.6 Å². The van der Waals surface area contributed by atoms with Gasteiger partial charge in [-0.3, -0.25) is 0 Å². The number of amides is 1. The molecule has 1 aromatic carbocycles. The Balaban J connectivity index is 1.82. The zero-order valence-electron chi connectivity index (χ0n) is 10.0. The third kappa shape index (κ3) is 3.00. The van der Waals surface area contributed by atoms with Gasteiger partial charge in [-0.2, -0.15) is 0 Å². The van der Waals surface area contributed by atoms with Gasteiger partial charge in [0.25, 0.3) is 0 Å². The van der Waals surface area contributed by atoms with Gasteiger partial charge in [-0.25, -0.2) is 4.79 Å². The average Bonchev–Trinajstić information content (AvgIpc) is 2.78. The zero-order valence-corrected chi connectivity index (χ0v) is 10.0. The molecule has 0 bridgehead atoms. The minimum atomic E-state index is -0.426. The summed E-state index contributed by atoms with van der Waals surface area (Å²) in [4.78, 5) is 13.2. The third-order valence-corrected chi connectivity index (χ3v) is 3.00. The van der Waals surface area contributed by atoms with E-state index in [0.717, 1.165) is 5.56 Å². The van der Waals surface area contributed by atoms with E-state index in [0.29, 0.717) is 6.54 Å². The Morgan fingerprint density at radius 3 is 2.78 bits per heavy atom. The summed E-state index contributed by atoms with van der Waals surface area (Å²) in [5, 5.41) is 9.07. The number of carbonyl (C=O) groups excluding carboxylic acids is 1. The topological polar surface area (TPSA) is 75.8 Å². The van der Waals surface area contributed by atoms with Gasteiger partial charge in [-0.05, 0) is 5.56 Å². The quantitative estimate of drug-likeness (QED) is 0.828. The number of hydrogen-bond donors (Lipinski definition) is 2. The first kappa shape index (κ1) is 12.9. The minimum Gasteiger partial charge on any atom is -0.445 e. The Kier molecular flexibility index (Phi) is 4.17. The van der Waals surface area contributed by atoms with Gasteiger partial charge < -0.3 is 20.5 Å². The summed E-state index contributed by atoms with van der Waals surface area (Å²) in [7, 11) is 0. The number of hydrogen-bond acceptors (Lipinski definition) is 4. The van der Waals surface area contributed by atoms with Crippen molar-refractivity contribution < 1.29 is 14.6 Å². The van der Waals surface area contributed by atoms with Gasteiger partial charge in [0, 0.05) is 25.1 Å². The molecule has 1 aliphatic rings. The lowest BCUT2D eigenvalue weighted by molar-refractivity contribution is 0.107. The van der Waals surface area contributed by atoms with Gasteiger partial charge in [0.2, 0.25) is 0 Å². The van der Waals surface area contributed by atoms with Gasteiger partial charge in [-0.15, -0.1) is 0 Å². The molecule has 0 unspecified atom stereocenters. The van der Waals surface area contributed by atoms with Crippen LogP contribution in [0.5, 0.6) is 0 Å². The van der Waals surface area contributed by atoms with Crippen LogP contribution in [0.25, 0.3) is 0 Å². The van der Waals surface area contributed by atoms with E-state index in [1.54, 1.807) is 6.54 Å². The maximum Gasteiger partial charge on any atom is 0.410 e. The van der Waals surface area contributed by atoms with Crippen molar-refractivity contribution in [3.05, 3.63) is 42.4 Å². The van der Waals surface area contributed by atoms with Crippen molar-refractivity contribution in [3.63, 3.8) is 0 Å². The molecule has 0 spiro atoms. The fourth-order valence-electron chi connectivity index (χ4n) is 1.88. The maximum atomic E-state index is 11.8. The Bertz CT molecular complexity index is 396. The fraction of sp³-hybridized carbons (Fsp3) is 0.385. The normalized spacial score (nSPS) is 23.1. The van der Waals surface area contributed by atoms with Crippen molar-refractivity contribution >= 4 is 6.09 Å². The molecule has 2 rings (SSSR count). The second kappa shape index (κ2) is 5.84. The van der Waals surface area contributed by atoms with Gasteiger partial charge in [0.05, 0.1) is 6.54 Å². The second-order valence-electron chi connectivity index (χ2n) is 4.36. The number of nitrogens with zero attached hydrogens (tertiary/aromatic N) is 1. The van der Waals surface area contributed by atoms with Crippen LogP contribution < -0.4 is 5.73 Å². The Hall–Kier alpha value is -1.59. The molecule has 1 heterocycles. The van der Waals surface area contributed by atoms with E-state index in [4.69, 9.17) is 15.6 Å². The number of aliphatic hydroxyl groups excluding tert-OH is 1. The highest BCUT2D eigenvalue weighted by Crippen LogP contribution is 2.19. The van der Waals surface area contributed by atoms with Crippen LogP contribution in [-0.2, 0) is 11.3 Å². The number of aliphatic hydroxyl groups is 1. The molecule has 5 nitrogen and oxygen atoms in total.